The Hall–Kier alpha value is -1.74. The van der Waals surface area contributed by atoms with Crippen molar-refractivity contribution in [1.82, 2.24) is 14.8 Å². The van der Waals surface area contributed by atoms with Crippen molar-refractivity contribution in [3.63, 3.8) is 0 Å². The van der Waals surface area contributed by atoms with E-state index in [1.807, 2.05) is 29.9 Å². The van der Waals surface area contributed by atoms with E-state index < -0.39 is 0 Å². The summed E-state index contributed by atoms with van der Waals surface area (Å²) < 4.78 is 0. The lowest BCUT2D eigenvalue weighted by molar-refractivity contribution is 0.214. The van der Waals surface area contributed by atoms with Crippen LogP contribution in [-0.2, 0) is 6.54 Å². The Morgan fingerprint density at radius 2 is 2.39 bits per heavy atom. The van der Waals surface area contributed by atoms with E-state index in [0.717, 1.165) is 25.2 Å². The third kappa shape index (κ3) is 3.78. The molecule has 1 aliphatic rings. The van der Waals surface area contributed by atoms with Crippen molar-refractivity contribution in [2.24, 2.45) is 5.92 Å². The highest BCUT2D eigenvalue weighted by atomic mass is 32.1. The van der Waals surface area contributed by atoms with Gasteiger partial charge in [-0.3, -0.25) is 9.88 Å². The normalized spacial score (nSPS) is 21.7. The summed E-state index contributed by atoms with van der Waals surface area (Å²) in [6.07, 6.45) is 5.05. The van der Waals surface area contributed by atoms with Crippen molar-refractivity contribution in [1.29, 1.82) is 5.26 Å². The lowest BCUT2D eigenvalue weighted by Gasteiger charge is -2.28. The molecule has 2 aromatic rings. The quantitative estimate of drug-likeness (QED) is 0.846. The first-order valence-corrected chi connectivity index (χ1v) is 8.81. The number of likely N-dealkylation sites (tertiary alicyclic amines) is 1. The molecule has 0 amide bonds. The zero-order valence-electron chi connectivity index (χ0n) is 13.6. The van der Waals surface area contributed by atoms with E-state index in [9.17, 15) is 0 Å². The minimum absolute atomic E-state index is 0.448. The molecule has 1 aliphatic heterocycles. The number of pyridine rings is 1. The fourth-order valence-electron chi connectivity index (χ4n) is 3.55. The van der Waals surface area contributed by atoms with Crippen LogP contribution in [0.25, 0.3) is 0 Å². The largest absolute Gasteiger partial charge is 0.301 e. The van der Waals surface area contributed by atoms with Gasteiger partial charge in [0.1, 0.15) is 6.07 Å². The van der Waals surface area contributed by atoms with Crippen LogP contribution in [0.1, 0.15) is 28.5 Å². The average Bonchev–Trinajstić information content (AvgIpc) is 3.15. The summed E-state index contributed by atoms with van der Waals surface area (Å²) in [5, 5.41) is 10.9. The van der Waals surface area contributed by atoms with Crippen molar-refractivity contribution < 1.29 is 0 Å². The van der Waals surface area contributed by atoms with Gasteiger partial charge in [0.15, 0.2) is 0 Å². The molecule has 0 bridgehead atoms. The highest BCUT2D eigenvalue weighted by molar-refractivity contribution is 7.10. The SMILES string of the molecule is CN(Cc1cc(C#N)cs1)C[C@@H]1CCN(C)[C@H]1c1cccnc1. The van der Waals surface area contributed by atoms with Crippen LogP contribution in [0.15, 0.2) is 36.0 Å². The van der Waals surface area contributed by atoms with Gasteiger partial charge in [0, 0.05) is 41.8 Å². The van der Waals surface area contributed by atoms with Crippen LogP contribution in [0.4, 0.5) is 0 Å². The first kappa shape index (κ1) is 16.1. The van der Waals surface area contributed by atoms with Crippen molar-refractivity contribution in [2.75, 3.05) is 27.2 Å². The molecule has 0 spiro atoms. The first-order valence-electron chi connectivity index (χ1n) is 7.93. The summed E-state index contributed by atoms with van der Waals surface area (Å²) in [5.41, 5.74) is 2.08. The second-order valence-electron chi connectivity index (χ2n) is 6.37. The van der Waals surface area contributed by atoms with E-state index >= 15 is 0 Å². The minimum atomic E-state index is 0.448. The van der Waals surface area contributed by atoms with Crippen LogP contribution < -0.4 is 0 Å². The van der Waals surface area contributed by atoms with E-state index in [4.69, 9.17) is 5.26 Å². The van der Waals surface area contributed by atoms with Crippen molar-refractivity contribution in [3.8, 4) is 6.07 Å². The second-order valence-corrected chi connectivity index (χ2v) is 7.37. The average molecular weight is 326 g/mol. The predicted molar refractivity (Wildman–Crippen MR) is 93.1 cm³/mol. The highest BCUT2D eigenvalue weighted by Gasteiger charge is 2.33. The molecule has 2 atom stereocenters. The number of hydrogen-bond acceptors (Lipinski definition) is 5. The number of hydrogen-bond donors (Lipinski definition) is 0. The van der Waals surface area contributed by atoms with Crippen LogP contribution in [0.5, 0.6) is 0 Å². The number of rotatable bonds is 5. The van der Waals surface area contributed by atoms with Crippen LogP contribution in [0.3, 0.4) is 0 Å². The lowest BCUT2D eigenvalue weighted by Crippen LogP contribution is -2.29. The van der Waals surface area contributed by atoms with Gasteiger partial charge in [0.25, 0.3) is 0 Å². The maximum atomic E-state index is 8.94. The smallest absolute Gasteiger partial charge is 0.100 e. The molecule has 0 aromatic carbocycles. The predicted octanol–water partition coefficient (Wildman–Crippen LogP) is 3.14. The molecule has 0 unspecified atom stereocenters. The van der Waals surface area contributed by atoms with Crippen molar-refractivity contribution in [2.45, 2.75) is 19.0 Å². The van der Waals surface area contributed by atoms with Gasteiger partial charge < -0.3 is 4.90 Å². The minimum Gasteiger partial charge on any atom is -0.301 e. The standard InChI is InChI=1S/C18H22N4S/c1-21(12-17-8-14(9-19)13-23-17)11-16-5-7-22(2)18(16)15-4-3-6-20-10-15/h3-4,6,8,10,13,16,18H,5,7,11-12H2,1-2H3/t16-,18-/m0/s1. The molecular weight excluding hydrogens is 304 g/mol. The van der Waals surface area contributed by atoms with E-state index in [1.54, 1.807) is 11.3 Å². The molecule has 3 heterocycles. The van der Waals surface area contributed by atoms with Gasteiger partial charge in [0.05, 0.1) is 5.56 Å². The van der Waals surface area contributed by atoms with Crippen LogP contribution in [-0.4, -0.2) is 42.0 Å². The van der Waals surface area contributed by atoms with Gasteiger partial charge in [-0.1, -0.05) is 6.07 Å². The van der Waals surface area contributed by atoms with Gasteiger partial charge in [-0.25, -0.2) is 0 Å². The molecule has 0 radical (unpaired) electrons. The van der Waals surface area contributed by atoms with E-state index in [2.05, 4.69) is 41.0 Å². The highest BCUT2D eigenvalue weighted by Crippen LogP contribution is 2.36. The number of nitrogens with zero attached hydrogens (tertiary/aromatic N) is 4. The molecule has 3 rings (SSSR count). The zero-order chi connectivity index (χ0) is 16.2. The summed E-state index contributed by atoms with van der Waals surface area (Å²) >= 11 is 1.67. The van der Waals surface area contributed by atoms with Gasteiger partial charge in [-0.05, 0) is 50.7 Å². The Balaban J connectivity index is 1.65. The Kier molecular flexibility index (Phi) is 5.06. The van der Waals surface area contributed by atoms with Crippen LogP contribution >= 0.6 is 11.3 Å². The van der Waals surface area contributed by atoms with Gasteiger partial charge >= 0.3 is 0 Å². The molecule has 1 saturated heterocycles. The fraction of sp³-hybridized carbons (Fsp3) is 0.444. The molecule has 4 nitrogen and oxygen atoms in total. The van der Waals surface area contributed by atoms with Gasteiger partial charge in [0.2, 0.25) is 0 Å². The van der Waals surface area contributed by atoms with Gasteiger partial charge in [-0.15, -0.1) is 11.3 Å². The monoisotopic (exact) mass is 326 g/mol. The zero-order valence-corrected chi connectivity index (χ0v) is 14.5. The Morgan fingerprint density at radius 1 is 1.52 bits per heavy atom. The maximum Gasteiger partial charge on any atom is 0.100 e. The summed E-state index contributed by atoms with van der Waals surface area (Å²) in [6.45, 7) is 3.10. The fourth-order valence-corrected chi connectivity index (χ4v) is 4.44. The summed E-state index contributed by atoms with van der Waals surface area (Å²) in [4.78, 5) is 10.4. The van der Waals surface area contributed by atoms with Crippen LogP contribution in [0.2, 0.25) is 0 Å². The van der Waals surface area contributed by atoms with Gasteiger partial charge in [-0.2, -0.15) is 5.26 Å². The second kappa shape index (κ2) is 7.22. The van der Waals surface area contributed by atoms with E-state index in [-0.39, 0.29) is 0 Å². The number of nitriles is 1. The van der Waals surface area contributed by atoms with Crippen molar-refractivity contribution in [3.05, 3.63) is 52.0 Å². The molecular formula is C18H22N4S. The molecule has 5 heteroatoms. The van der Waals surface area contributed by atoms with Crippen molar-refractivity contribution >= 4 is 11.3 Å². The molecule has 1 fully saturated rings. The van der Waals surface area contributed by atoms with E-state index in [0.29, 0.717) is 12.0 Å². The Labute approximate surface area is 142 Å². The first-order chi connectivity index (χ1) is 11.2. The third-order valence-corrected chi connectivity index (χ3v) is 5.48. The molecule has 0 N–H and O–H groups in total. The van der Waals surface area contributed by atoms with Crippen LogP contribution in [0, 0.1) is 17.2 Å². The molecule has 23 heavy (non-hydrogen) atoms. The molecule has 0 saturated carbocycles. The lowest BCUT2D eigenvalue weighted by atomic mass is 9.94. The Bertz CT molecular complexity index is 676. The number of aromatic nitrogens is 1. The van der Waals surface area contributed by atoms with E-state index in [1.165, 1.54) is 16.9 Å². The summed E-state index contributed by atoms with van der Waals surface area (Å²) in [6, 6.07) is 8.87. The topological polar surface area (TPSA) is 43.2 Å². The molecule has 0 aliphatic carbocycles. The maximum absolute atomic E-state index is 8.94. The number of thiophene rings is 1. The molecule has 2 aromatic heterocycles. The third-order valence-electron chi connectivity index (χ3n) is 4.55. The summed E-state index contributed by atoms with van der Waals surface area (Å²) in [5.74, 6) is 0.615. The molecule has 120 valence electrons. The Morgan fingerprint density at radius 3 is 3.09 bits per heavy atom. The summed E-state index contributed by atoms with van der Waals surface area (Å²) in [7, 11) is 4.38.